The van der Waals surface area contributed by atoms with Crippen LogP contribution >= 0.6 is 22.9 Å². The number of carbonyl (C=O) groups is 1. The highest BCUT2D eigenvalue weighted by Gasteiger charge is 2.10. The zero-order valence-electron chi connectivity index (χ0n) is 13.4. The van der Waals surface area contributed by atoms with Gasteiger partial charge in [-0.15, -0.1) is 11.3 Å². The number of ether oxygens (including phenoxy) is 1. The normalized spacial score (nSPS) is 10.4. The first kappa shape index (κ1) is 17.5. The van der Waals surface area contributed by atoms with Crippen molar-refractivity contribution in [1.82, 2.24) is 4.98 Å². The molecule has 1 heterocycles. The van der Waals surface area contributed by atoms with Gasteiger partial charge in [0.15, 0.2) is 5.13 Å². The van der Waals surface area contributed by atoms with E-state index >= 15 is 0 Å². The Balaban J connectivity index is 1.46. The summed E-state index contributed by atoms with van der Waals surface area (Å²) in [6.45, 7) is 0.500. The zero-order valence-corrected chi connectivity index (χ0v) is 15.0. The van der Waals surface area contributed by atoms with Crippen LogP contribution in [0.4, 0.5) is 5.13 Å². The zero-order chi connectivity index (χ0) is 17.5. The van der Waals surface area contributed by atoms with Crippen LogP contribution in [0.1, 0.15) is 12.8 Å². The standard InChI is InChI=1S/C19H17ClN2O2S/c20-16-10-5-4-9-15(16)17-13-25-19(21-17)22-18(23)11-6-12-24-14-7-2-1-3-8-14/h1-5,7-10,13H,6,11-12H2,(H,21,22,23). The largest absolute Gasteiger partial charge is 0.494 e. The Morgan fingerprint density at radius 1 is 1.12 bits per heavy atom. The topological polar surface area (TPSA) is 51.2 Å². The van der Waals surface area contributed by atoms with Crippen molar-refractivity contribution in [3.63, 3.8) is 0 Å². The Hall–Kier alpha value is -2.37. The Labute approximate surface area is 155 Å². The number of halogens is 1. The number of hydrogen-bond donors (Lipinski definition) is 1. The van der Waals surface area contributed by atoms with Gasteiger partial charge in [0.05, 0.1) is 12.3 Å². The van der Waals surface area contributed by atoms with Crippen LogP contribution in [0.2, 0.25) is 5.02 Å². The monoisotopic (exact) mass is 372 g/mol. The van der Waals surface area contributed by atoms with Gasteiger partial charge in [0.25, 0.3) is 0 Å². The van der Waals surface area contributed by atoms with E-state index in [4.69, 9.17) is 16.3 Å². The van der Waals surface area contributed by atoms with Crippen LogP contribution in [0.25, 0.3) is 11.3 Å². The Morgan fingerprint density at radius 3 is 2.68 bits per heavy atom. The maximum absolute atomic E-state index is 12.0. The summed E-state index contributed by atoms with van der Waals surface area (Å²) in [7, 11) is 0. The number of benzene rings is 2. The highest BCUT2D eigenvalue weighted by molar-refractivity contribution is 7.14. The number of aromatic nitrogens is 1. The van der Waals surface area contributed by atoms with Gasteiger partial charge in [-0.05, 0) is 24.6 Å². The first-order valence-corrected chi connectivity index (χ1v) is 9.16. The lowest BCUT2D eigenvalue weighted by atomic mass is 10.2. The van der Waals surface area contributed by atoms with E-state index in [0.717, 1.165) is 17.0 Å². The summed E-state index contributed by atoms with van der Waals surface area (Å²) in [6, 6.07) is 17.1. The van der Waals surface area contributed by atoms with Crippen LogP contribution in [-0.2, 0) is 4.79 Å². The first-order valence-electron chi connectivity index (χ1n) is 7.90. The minimum atomic E-state index is -0.0725. The molecule has 1 N–H and O–H groups in total. The van der Waals surface area contributed by atoms with Crippen molar-refractivity contribution in [3.05, 3.63) is 65.0 Å². The maximum atomic E-state index is 12.0. The minimum absolute atomic E-state index is 0.0725. The Bertz CT molecular complexity index is 836. The van der Waals surface area contributed by atoms with Crippen LogP contribution in [0.5, 0.6) is 5.75 Å². The smallest absolute Gasteiger partial charge is 0.226 e. The molecule has 0 saturated carbocycles. The van der Waals surface area contributed by atoms with Crippen molar-refractivity contribution in [2.75, 3.05) is 11.9 Å². The van der Waals surface area contributed by atoms with Crippen molar-refractivity contribution >= 4 is 34.0 Å². The average molecular weight is 373 g/mol. The summed E-state index contributed by atoms with van der Waals surface area (Å²) >= 11 is 7.56. The third-order valence-electron chi connectivity index (χ3n) is 3.46. The Kier molecular flexibility index (Phi) is 6.04. The fraction of sp³-hybridized carbons (Fsp3) is 0.158. The fourth-order valence-corrected chi connectivity index (χ4v) is 3.20. The lowest BCUT2D eigenvalue weighted by Crippen LogP contribution is -2.12. The summed E-state index contributed by atoms with van der Waals surface area (Å²) < 4.78 is 5.57. The quantitative estimate of drug-likeness (QED) is 0.575. The van der Waals surface area contributed by atoms with Gasteiger partial charge in [0, 0.05) is 22.4 Å². The van der Waals surface area contributed by atoms with E-state index < -0.39 is 0 Å². The average Bonchev–Trinajstić information content (AvgIpc) is 3.08. The second-order valence-corrected chi connectivity index (χ2v) is 6.60. The molecule has 0 saturated heterocycles. The van der Waals surface area contributed by atoms with Crippen LogP contribution in [0.3, 0.4) is 0 Å². The van der Waals surface area contributed by atoms with E-state index in [2.05, 4.69) is 10.3 Å². The number of thiazole rings is 1. The fourth-order valence-electron chi connectivity index (χ4n) is 2.25. The molecule has 3 rings (SSSR count). The molecule has 4 nitrogen and oxygen atoms in total. The van der Waals surface area contributed by atoms with Gasteiger partial charge in [-0.1, -0.05) is 48.0 Å². The van der Waals surface area contributed by atoms with Gasteiger partial charge in [-0.3, -0.25) is 4.79 Å². The number of rotatable bonds is 7. The van der Waals surface area contributed by atoms with E-state index in [0.29, 0.717) is 29.6 Å². The van der Waals surface area contributed by atoms with Gasteiger partial charge in [0.2, 0.25) is 5.91 Å². The molecule has 0 fully saturated rings. The molecule has 0 bridgehead atoms. The van der Waals surface area contributed by atoms with Gasteiger partial charge in [0.1, 0.15) is 5.75 Å². The highest BCUT2D eigenvalue weighted by atomic mass is 35.5. The van der Waals surface area contributed by atoms with Crippen molar-refractivity contribution in [3.8, 4) is 17.0 Å². The second-order valence-electron chi connectivity index (χ2n) is 5.33. The number of nitrogens with one attached hydrogen (secondary N) is 1. The molecule has 0 unspecified atom stereocenters. The molecule has 0 aliphatic rings. The summed E-state index contributed by atoms with van der Waals surface area (Å²) in [5.41, 5.74) is 1.62. The molecule has 128 valence electrons. The van der Waals surface area contributed by atoms with Crippen LogP contribution in [-0.4, -0.2) is 17.5 Å². The van der Waals surface area contributed by atoms with Crippen molar-refractivity contribution in [2.24, 2.45) is 0 Å². The number of hydrogen-bond acceptors (Lipinski definition) is 4. The molecule has 3 aromatic rings. The van der Waals surface area contributed by atoms with Crippen molar-refractivity contribution in [1.29, 1.82) is 0 Å². The van der Waals surface area contributed by atoms with E-state index in [1.54, 1.807) is 0 Å². The maximum Gasteiger partial charge on any atom is 0.226 e. The second kappa shape index (κ2) is 8.65. The van der Waals surface area contributed by atoms with E-state index in [9.17, 15) is 4.79 Å². The molecule has 0 atom stereocenters. The molecule has 0 aliphatic heterocycles. The molecular weight excluding hydrogens is 356 g/mol. The van der Waals surface area contributed by atoms with E-state index in [1.165, 1.54) is 11.3 Å². The number of para-hydroxylation sites is 1. The number of amides is 1. The number of nitrogens with zero attached hydrogens (tertiary/aromatic N) is 1. The molecule has 0 radical (unpaired) electrons. The van der Waals surface area contributed by atoms with Gasteiger partial charge in [-0.2, -0.15) is 0 Å². The molecule has 1 amide bonds. The lowest BCUT2D eigenvalue weighted by molar-refractivity contribution is -0.116. The molecule has 0 spiro atoms. The summed E-state index contributed by atoms with van der Waals surface area (Å²) in [6.07, 6.45) is 1.03. The van der Waals surface area contributed by atoms with Crippen molar-refractivity contribution in [2.45, 2.75) is 12.8 Å². The molecule has 0 aliphatic carbocycles. The predicted octanol–water partition coefficient (Wildman–Crippen LogP) is 5.26. The van der Waals surface area contributed by atoms with Crippen LogP contribution in [0, 0.1) is 0 Å². The Morgan fingerprint density at radius 2 is 1.88 bits per heavy atom. The molecule has 6 heteroatoms. The third-order valence-corrected chi connectivity index (χ3v) is 4.55. The molecule has 25 heavy (non-hydrogen) atoms. The molecular formula is C19H17ClN2O2S. The first-order chi connectivity index (χ1) is 12.2. The summed E-state index contributed by atoms with van der Waals surface area (Å²) in [5, 5.41) is 5.92. The lowest BCUT2D eigenvalue weighted by Gasteiger charge is -2.05. The minimum Gasteiger partial charge on any atom is -0.494 e. The van der Waals surface area contributed by atoms with E-state index in [-0.39, 0.29) is 5.91 Å². The third kappa shape index (κ3) is 5.05. The van der Waals surface area contributed by atoms with Crippen LogP contribution < -0.4 is 10.1 Å². The highest BCUT2D eigenvalue weighted by Crippen LogP contribution is 2.30. The summed E-state index contributed by atoms with van der Waals surface area (Å²) in [5.74, 6) is 0.740. The van der Waals surface area contributed by atoms with E-state index in [1.807, 2.05) is 60.0 Å². The van der Waals surface area contributed by atoms with Gasteiger partial charge < -0.3 is 10.1 Å². The SMILES string of the molecule is O=C(CCCOc1ccccc1)Nc1nc(-c2ccccc2Cl)cs1. The summed E-state index contributed by atoms with van der Waals surface area (Å²) in [4.78, 5) is 16.4. The number of anilines is 1. The predicted molar refractivity (Wildman–Crippen MR) is 102 cm³/mol. The number of carbonyl (C=O) groups excluding carboxylic acids is 1. The van der Waals surface area contributed by atoms with Crippen LogP contribution in [0.15, 0.2) is 60.0 Å². The van der Waals surface area contributed by atoms with Crippen molar-refractivity contribution < 1.29 is 9.53 Å². The van der Waals surface area contributed by atoms with Gasteiger partial charge >= 0.3 is 0 Å². The van der Waals surface area contributed by atoms with Gasteiger partial charge in [-0.25, -0.2) is 4.98 Å². The molecule has 1 aromatic heterocycles. The molecule has 2 aromatic carbocycles.